The Kier molecular flexibility index (Phi) is 3.99. The number of hydrogen-bond donors (Lipinski definition) is 2. The Bertz CT molecular complexity index is 326. The van der Waals surface area contributed by atoms with Gasteiger partial charge in [-0.3, -0.25) is 0 Å². The summed E-state index contributed by atoms with van der Waals surface area (Å²) in [5.74, 6) is 1.41. The number of hydrogen-bond acceptors (Lipinski definition) is 4. The fourth-order valence-electron chi connectivity index (χ4n) is 1.50. The maximum atomic E-state index is 5.57. The van der Waals surface area contributed by atoms with Gasteiger partial charge in [-0.05, 0) is 31.2 Å². The number of nitrogens with one attached hydrogen (secondary N) is 1. The minimum Gasteiger partial charge on any atom is -0.385 e. The highest BCUT2D eigenvalue weighted by Gasteiger charge is 2.20. The van der Waals surface area contributed by atoms with E-state index < -0.39 is 0 Å². The van der Waals surface area contributed by atoms with Gasteiger partial charge in [-0.15, -0.1) is 0 Å². The number of nitrogens with two attached hydrogens (primary N) is 1. The molecule has 1 fully saturated rings. The molecule has 0 aliphatic heterocycles. The van der Waals surface area contributed by atoms with Crippen molar-refractivity contribution in [2.24, 2.45) is 5.92 Å². The third-order valence-electron chi connectivity index (χ3n) is 2.63. The summed E-state index contributed by atoms with van der Waals surface area (Å²) in [6.45, 7) is 2.69. The van der Waals surface area contributed by atoms with E-state index in [1.54, 1.807) is 6.20 Å². The van der Waals surface area contributed by atoms with Gasteiger partial charge in [0.05, 0.1) is 0 Å². The molecular weight excluding hydrogens is 202 g/mol. The molecule has 4 heteroatoms. The van der Waals surface area contributed by atoms with Crippen LogP contribution < -0.4 is 11.1 Å². The minimum atomic E-state index is 0.551. The lowest BCUT2D eigenvalue weighted by Gasteiger charge is -2.07. The van der Waals surface area contributed by atoms with Gasteiger partial charge in [0.25, 0.3) is 0 Å². The predicted molar refractivity (Wildman–Crippen MR) is 65.3 cm³/mol. The van der Waals surface area contributed by atoms with Crippen LogP contribution in [-0.2, 0) is 4.74 Å². The molecule has 1 aromatic rings. The summed E-state index contributed by atoms with van der Waals surface area (Å²) in [6.07, 6.45) is 5.44. The van der Waals surface area contributed by atoms with Crippen LogP contribution in [0.5, 0.6) is 0 Å². The van der Waals surface area contributed by atoms with Gasteiger partial charge in [-0.25, -0.2) is 4.98 Å². The maximum absolute atomic E-state index is 5.57. The number of nitrogen functional groups attached to an aromatic ring is 1. The molecule has 0 aromatic carbocycles. The highest BCUT2D eigenvalue weighted by molar-refractivity contribution is 5.49. The number of pyridine rings is 1. The molecule has 0 spiro atoms. The molecule has 16 heavy (non-hydrogen) atoms. The van der Waals surface area contributed by atoms with Crippen LogP contribution in [0.2, 0.25) is 0 Å². The van der Waals surface area contributed by atoms with Crippen molar-refractivity contribution in [3.8, 4) is 0 Å². The van der Waals surface area contributed by atoms with E-state index in [0.717, 1.165) is 37.8 Å². The number of aromatic nitrogens is 1. The Hall–Kier alpha value is -1.29. The maximum Gasteiger partial charge on any atom is 0.125 e. The number of anilines is 2. The van der Waals surface area contributed by atoms with E-state index >= 15 is 0 Å². The lowest BCUT2D eigenvalue weighted by atomic mass is 10.3. The van der Waals surface area contributed by atoms with Crippen molar-refractivity contribution < 1.29 is 4.74 Å². The van der Waals surface area contributed by atoms with Gasteiger partial charge in [-0.2, -0.15) is 0 Å². The van der Waals surface area contributed by atoms with Gasteiger partial charge in [0.15, 0.2) is 0 Å². The molecule has 1 heterocycles. The first-order valence-electron chi connectivity index (χ1n) is 5.88. The van der Waals surface area contributed by atoms with Crippen LogP contribution in [0.3, 0.4) is 0 Å². The summed E-state index contributed by atoms with van der Waals surface area (Å²) in [5.41, 5.74) is 6.60. The summed E-state index contributed by atoms with van der Waals surface area (Å²) < 4.78 is 5.54. The van der Waals surface area contributed by atoms with E-state index in [1.807, 2.05) is 12.1 Å². The van der Waals surface area contributed by atoms with Crippen LogP contribution in [0.4, 0.5) is 11.5 Å². The molecule has 2 rings (SSSR count). The van der Waals surface area contributed by atoms with Gasteiger partial charge in [0.2, 0.25) is 0 Å². The molecule has 0 unspecified atom stereocenters. The molecule has 1 aliphatic rings. The summed E-state index contributed by atoms with van der Waals surface area (Å²) in [5, 5.41) is 3.29. The molecule has 0 atom stereocenters. The molecule has 88 valence electrons. The zero-order valence-corrected chi connectivity index (χ0v) is 9.48. The molecule has 0 radical (unpaired) electrons. The third-order valence-corrected chi connectivity index (χ3v) is 2.63. The van der Waals surface area contributed by atoms with Crippen LogP contribution in [0.15, 0.2) is 18.3 Å². The topological polar surface area (TPSA) is 60.2 Å². The average Bonchev–Trinajstić information content (AvgIpc) is 3.07. The largest absolute Gasteiger partial charge is 0.385 e. The Balaban J connectivity index is 1.53. The Morgan fingerprint density at radius 3 is 3.12 bits per heavy atom. The third kappa shape index (κ3) is 4.06. The molecule has 1 aromatic heterocycles. The first-order chi connectivity index (χ1) is 7.84. The Labute approximate surface area is 96.2 Å². The monoisotopic (exact) mass is 221 g/mol. The second kappa shape index (κ2) is 5.70. The van der Waals surface area contributed by atoms with E-state index in [-0.39, 0.29) is 0 Å². The number of ether oxygens (including phenoxy) is 1. The van der Waals surface area contributed by atoms with Gasteiger partial charge < -0.3 is 15.8 Å². The molecule has 3 N–H and O–H groups in total. The zero-order valence-electron chi connectivity index (χ0n) is 9.48. The highest BCUT2D eigenvalue weighted by atomic mass is 16.5. The second-order valence-electron chi connectivity index (χ2n) is 4.27. The molecule has 0 bridgehead atoms. The summed E-state index contributed by atoms with van der Waals surface area (Å²) >= 11 is 0. The lowest BCUT2D eigenvalue weighted by molar-refractivity contribution is 0.124. The molecule has 4 nitrogen and oxygen atoms in total. The minimum absolute atomic E-state index is 0.551. The SMILES string of the molecule is Nc1cc(NCCCOCC2CC2)ccn1. The van der Waals surface area contributed by atoms with Gasteiger partial charge in [0, 0.05) is 37.7 Å². The average molecular weight is 221 g/mol. The standard InChI is InChI=1S/C12H19N3O/c13-12-8-11(4-6-15-12)14-5-1-7-16-9-10-2-3-10/h4,6,8,10H,1-3,5,7,9H2,(H3,13,14,15). The highest BCUT2D eigenvalue weighted by Crippen LogP contribution is 2.28. The molecule has 1 aliphatic carbocycles. The van der Waals surface area contributed by atoms with Crippen LogP contribution in [0, 0.1) is 5.92 Å². The number of nitrogens with zero attached hydrogens (tertiary/aromatic N) is 1. The van der Waals surface area contributed by atoms with E-state index in [0.29, 0.717) is 5.82 Å². The summed E-state index contributed by atoms with van der Waals surface area (Å²) in [6, 6.07) is 3.76. The van der Waals surface area contributed by atoms with Crippen molar-refractivity contribution >= 4 is 11.5 Å². The second-order valence-corrected chi connectivity index (χ2v) is 4.27. The first-order valence-corrected chi connectivity index (χ1v) is 5.88. The Morgan fingerprint density at radius 2 is 2.38 bits per heavy atom. The molecular formula is C12H19N3O. The molecule has 0 amide bonds. The van der Waals surface area contributed by atoms with Crippen molar-refractivity contribution in [1.82, 2.24) is 4.98 Å². The fourth-order valence-corrected chi connectivity index (χ4v) is 1.50. The summed E-state index contributed by atoms with van der Waals surface area (Å²) in [4.78, 5) is 3.94. The van der Waals surface area contributed by atoms with Crippen LogP contribution in [0.1, 0.15) is 19.3 Å². The number of rotatable bonds is 7. The normalized spacial score (nSPS) is 15.0. The van der Waals surface area contributed by atoms with Crippen molar-refractivity contribution in [2.45, 2.75) is 19.3 Å². The predicted octanol–water partition coefficient (Wildman–Crippen LogP) is 1.89. The van der Waals surface area contributed by atoms with Crippen molar-refractivity contribution in [2.75, 3.05) is 30.8 Å². The smallest absolute Gasteiger partial charge is 0.125 e. The van der Waals surface area contributed by atoms with Gasteiger partial charge in [0.1, 0.15) is 5.82 Å². The van der Waals surface area contributed by atoms with Crippen LogP contribution >= 0.6 is 0 Å². The zero-order chi connectivity index (χ0) is 11.2. The van der Waals surface area contributed by atoms with E-state index in [9.17, 15) is 0 Å². The molecule has 1 saturated carbocycles. The van der Waals surface area contributed by atoms with Crippen LogP contribution in [0.25, 0.3) is 0 Å². The van der Waals surface area contributed by atoms with E-state index in [4.69, 9.17) is 10.5 Å². The lowest BCUT2D eigenvalue weighted by Crippen LogP contribution is -2.07. The van der Waals surface area contributed by atoms with E-state index in [2.05, 4.69) is 10.3 Å². The fraction of sp³-hybridized carbons (Fsp3) is 0.583. The van der Waals surface area contributed by atoms with Gasteiger partial charge in [-0.1, -0.05) is 0 Å². The summed E-state index contributed by atoms with van der Waals surface area (Å²) in [7, 11) is 0. The quantitative estimate of drug-likeness (QED) is 0.690. The van der Waals surface area contributed by atoms with Crippen molar-refractivity contribution in [3.63, 3.8) is 0 Å². The van der Waals surface area contributed by atoms with Crippen molar-refractivity contribution in [1.29, 1.82) is 0 Å². The van der Waals surface area contributed by atoms with Crippen molar-refractivity contribution in [3.05, 3.63) is 18.3 Å². The Morgan fingerprint density at radius 1 is 1.50 bits per heavy atom. The molecule has 0 saturated heterocycles. The first kappa shape index (κ1) is 11.2. The van der Waals surface area contributed by atoms with E-state index in [1.165, 1.54) is 12.8 Å². The van der Waals surface area contributed by atoms with Crippen LogP contribution in [-0.4, -0.2) is 24.7 Å². The van der Waals surface area contributed by atoms with Gasteiger partial charge >= 0.3 is 0 Å².